The quantitative estimate of drug-likeness (QED) is 0.479. The number of hydrogen-bond donors (Lipinski definition) is 1. The Kier molecular flexibility index (Phi) is 7.67. The molecule has 0 radical (unpaired) electrons. The van der Waals surface area contributed by atoms with Gasteiger partial charge in [-0.15, -0.1) is 0 Å². The summed E-state index contributed by atoms with van der Waals surface area (Å²) >= 11 is 0. The van der Waals surface area contributed by atoms with Crippen molar-refractivity contribution in [1.29, 1.82) is 0 Å². The lowest BCUT2D eigenvalue weighted by Gasteiger charge is -2.55. The first-order valence-electron chi connectivity index (χ1n) is 14.7. The first-order chi connectivity index (χ1) is 17.4. The molecule has 5 heteroatoms. The number of rotatable bonds is 7. The van der Waals surface area contributed by atoms with Crippen LogP contribution in [0.1, 0.15) is 89.4 Å². The number of ether oxygens (including phenoxy) is 1. The van der Waals surface area contributed by atoms with Gasteiger partial charge in [0.2, 0.25) is 5.88 Å². The van der Waals surface area contributed by atoms with Gasteiger partial charge in [0.25, 0.3) is 5.91 Å². The van der Waals surface area contributed by atoms with Gasteiger partial charge in [0, 0.05) is 17.5 Å². The highest BCUT2D eigenvalue weighted by molar-refractivity contribution is 6.10. The molecule has 3 aliphatic rings. The second kappa shape index (κ2) is 10.8. The number of benzene rings is 1. The molecule has 2 fully saturated rings. The fraction of sp³-hybridized carbons (Fsp3) is 0.710. The number of hydrogen-bond acceptors (Lipinski definition) is 3. The number of unbranched alkanes of at least 4 members (excludes halogenated alkanes) is 1. The highest BCUT2D eigenvalue weighted by atomic mass is 16.5. The van der Waals surface area contributed by atoms with E-state index in [1.165, 1.54) is 45.1 Å². The Labute approximate surface area is 217 Å². The number of aromatic nitrogens is 1. The van der Waals surface area contributed by atoms with Gasteiger partial charge in [-0.05, 0) is 87.9 Å². The standard InChI is InChI=1S/C31H47N3O2/c1-5-6-16-33-18-14-24(15-19-33)31(21-23(4)12-13-26(31)22(2)3)32-29(35)28-25-10-7-8-11-27(25)34-17-9-20-36-30(28)34/h7-8,10-11,22-24,26H,5-6,9,12-21H2,1-4H3,(H,32,35). The molecule has 1 N–H and O–H groups in total. The zero-order valence-electron chi connectivity index (χ0n) is 23.0. The largest absolute Gasteiger partial charge is 0.478 e. The van der Waals surface area contributed by atoms with Gasteiger partial charge in [-0.2, -0.15) is 0 Å². The lowest BCUT2D eigenvalue weighted by atomic mass is 9.58. The van der Waals surface area contributed by atoms with Crippen molar-refractivity contribution in [3.05, 3.63) is 29.8 Å². The zero-order valence-corrected chi connectivity index (χ0v) is 23.0. The van der Waals surface area contributed by atoms with Gasteiger partial charge in [-0.3, -0.25) is 4.79 Å². The molecular weight excluding hydrogens is 446 g/mol. The summed E-state index contributed by atoms with van der Waals surface area (Å²) in [5.74, 6) is 3.07. The number of nitrogens with zero attached hydrogens (tertiary/aromatic N) is 2. The molecule has 5 nitrogen and oxygen atoms in total. The van der Waals surface area contributed by atoms with E-state index >= 15 is 0 Å². The third kappa shape index (κ3) is 4.68. The molecule has 2 aliphatic heterocycles. The number of piperidine rings is 1. The molecular formula is C31H47N3O2. The summed E-state index contributed by atoms with van der Waals surface area (Å²) in [6.45, 7) is 14.6. The molecule has 1 amide bonds. The lowest BCUT2D eigenvalue weighted by Crippen LogP contribution is -2.63. The smallest absolute Gasteiger partial charge is 0.257 e. The van der Waals surface area contributed by atoms with Crippen LogP contribution in [0.5, 0.6) is 5.88 Å². The van der Waals surface area contributed by atoms with E-state index in [4.69, 9.17) is 4.74 Å². The molecule has 0 bridgehead atoms. The van der Waals surface area contributed by atoms with Crippen LogP contribution < -0.4 is 10.1 Å². The number of carbonyl (C=O) groups is 1. The molecule has 3 heterocycles. The molecule has 1 aromatic carbocycles. The first kappa shape index (κ1) is 25.6. The van der Waals surface area contributed by atoms with Crippen molar-refractivity contribution in [1.82, 2.24) is 14.8 Å². The summed E-state index contributed by atoms with van der Waals surface area (Å²) < 4.78 is 8.39. The maximum Gasteiger partial charge on any atom is 0.257 e. The normalized spacial score (nSPS) is 27.7. The summed E-state index contributed by atoms with van der Waals surface area (Å²) in [7, 11) is 0. The Morgan fingerprint density at radius 1 is 1.14 bits per heavy atom. The van der Waals surface area contributed by atoms with Gasteiger partial charge in [-0.1, -0.05) is 58.7 Å². The second-order valence-electron chi connectivity index (χ2n) is 12.3. The van der Waals surface area contributed by atoms with E-state index in [0.717, 1.165) is 54.8 Å². The molecule has 198 valence electrons. The highest BCUT2D eigenvalue weighted by Gasteiger charge is 2.51. The maximum atomic E-state index is 14.4. The third-order valence-electron chi connectivity index (χ3n) is 9.53. The number of carbonyl (C=O) groups excluding carboxylic acids is 1. The van der Waals surface area contributed by atoms with Crippen LogP contribution in [-0.4, -0.2) is 47.2 Å². The topological polar surface area (TPSA) is 46.5 Å². The van der Waals surface area contributed by atoms with E-state index in [-0.39, 0.29) is 11.4 Å². The Morgan fingerprint density at radius 2 is 1.92 bits per heavy atom. The zero-order chi connectivity index (χ0) is 25.3. The SMILES string of the molecule is CCCCN1CCC(C2(NC(=O)c3c4n(c5ccccc35)CCCO4)CC(C)CCC2C(C)C)CC1. The summed E-state index contributed by atoms with van der Waals surface area (Å²) in [6.07, 6.45) is 9.46. The van der Waals surface area contributed by atoms with Crippen molar-refractivity contribution in [3.63, 3.8) is 0 Å². The molecule has 5 rings (SSSR count). The van der Waals surface area contributed by atoms with E-state index < -0.39 is 0 Å². The molecule has 2 aromatic rings. The van der Waals surface area contributed by atoms with Crippen LogP contribution in [0.15, 0.2) is 24.3 Å². The number of amides is 1. The van der Waals surface area contributed by atoms with Crippen LogP contribution in [0.2, 0.25) is 0 Å². The number of aryl methyl sites for hydroxylation is 1. The van der Waals surface area contributed by atoms with Crippen LogP contribution in [-0.2, 0) is 6.54 Å². The molecule has 1 aromatic heterocycles. The molecule has 1 saturated heterocycles. The van der Waals surface area contributed by atoms with E-state index in [1.807, 2.05) is 6.07 Å². The van der Waals surface area contributed by atoms with E-state index in [0.29, 0.717) is 30.3 Å². The first-order valence-corrected chi connectivity index (χ1v) is 14.7. The summed E-state index contributed by atoms with van der Waals surface area (Å²) in [5, 5.41) is 4.84. The minimum Gasteiger partial charge on any atom is -0.478 e. The van der Waals surface area contributed by atoms with Crippen molar-refractivity contribution in [2.45, 2.75) is 91.1 Å². The second-order valence-corrected chi connectivity index (χ2v) is 12.3. The predicted octanol–water partition coefficient (Wildman–Crippen LogP) is 6.50. The molecule has 3 atom stereocenters. The minimum absolute atomic E-state index is 0.0787. The highest BCUT2D eigenvalue weighted by Crippen LogP contribution is 2.49. The average molecular weight is 494 g/mol. The molecule has 1 aliphatic carbocycles. The predicted molar refractivity (Wildman–Crippen MR) is 148 cm³/mol. The average Bonchev–Trinajstić information content (AvgIpc) is 3.22. The monoisotopic (exact) mass is 493 g/mol. The van der Waals surface area contributed by atoms with Crippen LogP contribution in [0.3, 0.4) is 0 Å². The van der Waals surface area contributed by atoms with Gasteiger partial charge in [0.15, 0.2) is 0 Å². The number of likely N-dealkylation sites (tertiary alicyclic amines) is 1. The minimum atomic E-state index is -0.148. The fourth-order valence-electron chi connectivity index (χ4n) is 7.79. The van der Waals surface area contributed by atoms with E-state index in [9.17, 15) is 4.79 Å². The summed E-state index contributed by atoms with van der Waals surface area (Å²) in [5.41, 5.74) is 1.73. The van der Waals surface area contributed by atoms with Crippen molar-refractivity contribution in [3.8, 4) is 5.88 Å². The van der Waals surface area contributed by atoms with Gasteiger partial charge >= 0.3 is 0 Å². The Balaban J connectivity index is 1.50. The fourth-order valence-corrected chi connectivity index (χ4v) is 7.79. The maximum absolute atomic E-state index is 14.4. The van der Waals surface area contributed by atoms with Crippen LogP contribution in [0.4, 0.5) is 0 Å². The molecule has 36 heavy (non-hydrogen) atoms. The summed E-state index contributed by atoms with van der Waals surface area (Å²) in [4.78, 5) is 17.0. The molecule has 1 saturated carbocycles. The van der Waals surface area contributed by atoms with Crippen LogP contribution >= 0.6 is 0 Å². The lowest BCUT2D eigenvalue weighted by molar-refractivity contribution is -0.00119. The van der Waals surface area contributed by atoms with Crippen molar-refractivity contribution in [2.24, 2.45) is 23.7 Å². The summed E-state index contributed by atoms with van der Waals surface area (Å²) in [6, 6.07) is 8.34. The van der Waals surface area contributed by atoms with E-state index in [2.05, 4.69) is 60.7 Å². The number of nitrogens with one attached hydrogen (secondary N) is 1. The number of para-hydroxylation sites is 1. The van der Waals surface area contributed by atoms with Gasteiger partial charge in [0.1, 0.15) is 5.56 Å². The van der Waals surface area contributed by atoms with E-state index in [1.54, 1.807) is 0 Å². The van der Waals surface area contributed by atoms with Crippen molar-refractivity contribution in [2.75, 3.05) is 26.2 Å². The van der Waals surface area contributed by atoms with Gasteiger partial charge in [0.05, 0.1) is 12.1 Å². The van der Waals surface area contributed by atoms with Crippen molar-refractivity contribution < 1.29 is 9.53 Å². The van der Waals surface area contributed by atoms with Crippen LogP contribution in [0, 0.1) is 23.7 Å². The Morgan fingerprint density at radius 3 is 2.67 bits per heavy atom. The number of fused-ring (bicyclic) bond motifs is 3. The van der Waals surface area contributed by atoms with Crippen LogP contribution in [0.25, 0.3) is 10.9 Å². The molecule has 3 unspecified atom stereocenters. The third-order valence-corrected chi connectivity index (χ3v) is 9.53. The van der Waals surface area contributed by atoms with Crippen molar-refractivity contribution >= 4 is 16.8 Å². The Hall–Kier alpha value is -2.01. The van der Waals surface area contributed by atoms with Gasteiger partial charge < -0.3 is 19.5 Å². The van der Waals surface area contributed by atoms with Gasteiger partial charge in [-0.25, -0.2) is 0 Å². The molecule has 0 spiro atoms. The Bertz CT molecular complexity index is 1050.